The van der Waals surface area contributed by atoms with E-state index in [1.165, 1.54) is 0 Å². The number of carbonyl (C=O) groups is 1. The molecule has 4 heteroatoms. The Morgan fingerprint density at radius 3 is 2.86 bits per heavy atom. The standard InChI is InChI=1S/C17H19N3O/c21-17(11-14-3-1-2-4-14)19-12-15-5-7-16(8-6-15)20-10-9-18-13-20/h1,3,5-10,13-14H,2,4,11-12H2,(H,19,21)/t14-/m0/s1. The first-order chi connectivity index (χ1) is 10.3. The molecule has 0 radical (unpaired) electrons. The fraction of sp³-hybridized carbons (Fsp3) is 0.294. The van der Waals surface area contributed by atoms with Gasteiger partial charge in [0.15, 0.2) is 0 Å². The number of rotatable bonds is 5. The fourth-order valence-corrected chi connectivity index (χ4v) is 2.57. The molecule has 0 aliphatic heterocycles. The van der Waals surface area contributed by atoms with Crippen LogP contribution >= 0.6 is 0 Å². The summed E-state index contributed by atoms with van der Waals surface area (Å²) in [6, 6.07) is 8.13. The van der Waals surface area contributed by atoms with E-state index in [2.05, 4.69) is 22.5 Å². The summed E-state index contributed by atoms with van der Waals surface area (Å²) in [6.07, 6.45) is 12.6. The second-order valence-corrected chi connectivity index (χ2v) is 5.38. The summed E-state index contributed by atoms with van der Waals surface area (Å²) in [5.74, 6) is 0.554. The van der Waals surface area contributed by atoms with E-state index in [1.807, 2.05) is 35.0 Å². The number of hydrogen-bond acceptors (Lipinski definition) is 2. The molecule has 1 amide bonds. The molecule has 21 heavy (non-hydrogen) atoms. The van der Waals surface area contributed by atoms with Gasteiger partial charge in [0, 0.05) is 31.0 Å². The maximum Gasteiger partial charge on any atom is 0.220 e. The van der Waals surface area contributed by atoms with E-state index in [9.17, 15) is 4.79 Å². The summed E-state index contributed by atoms with van der Waals surface area (Å²) in [7, 11) is 0. The molecule has 1 aliphatic rings. The van der Waals surface area contributed by atoms with Crippen molar-refractivity contribution >= 4 is 5.91 Å². The van der Waals surface area contributed by atoms with Crippen LogP contribution in [0.3, 0.4) is 0 Å². The average Bonchev–Trinajstić information content (AvgIpc) is 3.19. The molecule has 1 aromatic carbocycles. The minimum absolute atomic E-state index is 0.130. The Bertz CT molecular complexity index is 614. The van der Waals surface area contributed by atoms with Gasteiger partial charge in [-0.2, -0.15) is 0 Å². The van der Waals surface area contributed by atoms with Gasteiger partial charge in [-0.3, -0.25) is 4.79 Å². The average molecular weight is 281 g/mol. The van der Waals surface area contributed by atoms with Gasteiger partial charge in [-0.05, 0) is 36.5 Å². The van der Waals surface area contributed by atoms with Gasteiger partial charge < -0.3 is 9.88 Å². The van der Waals surface area contributed by atoms with Gasteiger partial charge in [-0.25, -0.2) is 4.98 Å². The highest BCUT2D eigenvalue weighted by Crippen LogP contribution is 2.20. The number of hydrogen-bond donors (Lipinski definition) is 1. The van der Waals surface area contributed by atoms with Crippen LogP contribution in [0.15, 0.2) is 55.1 Å². The Morgan fingerprint density at radius 2 is 2.19 bits per heavy atom. The van der Waals surface area contributed by atoms with Crippen molar-refractivity contribution in [1.82, 2.24) is 14.9 Å². The summed E-state index contributed by atoms with van der Waals surface area (Å²) in [5, 5.41) is 2.99. The van der Waals surface area contributed by atoms with Gasteiger partial charge in [0.1, 0.15) is 0 Å². The number of aromatic nitrogens is 2. The summed E-state index contributed by atoms with van der Waals surface area (Å²) in [5.41, 5.74) is 2.17. The molecule has 1 heterocycles. The van der Waals surface area contributed by atoms with Crippen LogP contribution in [0.1, 0.15) is 24.8 Å². The molecule has 1 aromatic heterocycles. The zero-order chi connectivity index (χ0) is 14.5. The molecule has 0 saturated heterocycles. The first-order valence-corrected chi connectivity index (χ1v) is 7.32. The van der Waals surface area contributed by atoms with Gasteiger partial charge >= 0.3 is 0 Å². The van der Waals surface area contributed by atoms with Gasteiger partial charge in [0.05, 0.1) is 6.33 Å². The summed E-state index contributed by atoms with van der Waals surface area (Å²) in [6.45, 7) is 0.583. The van der Waals surface area contributed by atoms with Crippen LogP contribution in [0.25, 0.3) is 5.69 Å². The van der Waals surface area contributed by atoms with E-state index in [4.69, 9.17) is 0 Å². The van der Waals surface area contributed by atoms with Crippen LogP contribution in [0.4, 0.5) is 0 Å². The molecular formula is C17H19N3O. The third-order valence-electron chi connectivity index (χ3n) is 3.79. The van der Waals surface area contributed by atoms with Crippen LogP contribution in [0.2, 0.25) is 0 Å². The molecule has 0 unspecified atom stereocenters. The minimum Gasteiger partial charge on any atom is -0.352 e. The van der Waals surface area contributed by atoms with Crippen molar-refractivity contribution in [3.63, 3.8) is 0 Å². The number of carbonyl (C=O) groups excluding carboxylic acids is 1. The normalized spacial score (nSPS) is 17.0. The molecule has 0 bridgehead atoms. The van der Waals surface area contributed by atoms with Crippen molar-refractivity contribution in [1.29, 1.82) is 0 Å². The zero-order valence-corrected chi connectivity index (χ0v) is 11.9. The van der Waals surface area contributed by atoms with E-state index >= 15 is 0 Å². The smallest absolute Gasteiger partial charge is 0.220 e. The van der Waals surface area contributed by atoms with E-state index < -0.39 is 0 Å². The summed E-state index contributed by atoms with van der Waals surface area (Å²) < 4.78 is 1.95. The largest absolute Gasteiger partial charge is 0.352 e. The van der Waals surface area contributed by atoms with E-state index in [-0.39, 0.29) is 5.91 Å². The number of allylic oxidation sites excluding steroid dienone is 2. The lowest BCUT2D eigenvalue weighted by Gasteiger charge is -2.09. The van der Waals surface area contributed by atoms with Crippen molar-refractivity contribution in [2.75, 3.05) is 0 Å². The number of nitrogens with one attached hydrogen (secondary N) is 1. The highest BCUT2D eigenvalue weighted by Gasteiger charge is 2.13. The van der Waals surface area contributed by atoms with E-state index in [0.29, 0.717) is 18.9 Å². The van der Waals surface area contributed by atoms with Crippen molar-refractivity contribution < 1.29 is 4.79 Å². The maximum absolute atomic E-state index is 11.9. The summed E-state index contributed by atoms with van der Waals surface area (Å²) >= 11 is 0. The molecule has 3 rings (SSSR count). The molecule has 4 nitrogen and oxygen atoms in total. The van der Waals surface area contributed by atoms with Crippen molar-refractivity contribution in [2.45, 2.75) is 25.8 Å². The molecule has 0 spiro atoms. The Hall–Kier alpha value is -2.36. The van der Waals surface area contributed by atoms with Crippen molar-refractivity contribution in [3.8, 4) is 5.69 Å². The number of nitrogens with zero attached hydrogens (tertiary/aromatic N) is 2. The Morgan fingerprint density at radius 1 is 1.33 bits per heavy atom. The van der Waals surface area contributed by atoms with Crippen LogP contribution in [0.5, 0.6) is 0 Å². The van der Waals surface area contributed by atoms with E-state index in [1.54, 1.807) is 12.5 Å². The monoisotopic (exact) mass is 281 g/mol. The molecule has 1 atom stereocenters. The lowest BCUT2D eigenvalue weighted by molar-refractivity contribution is -0.121. The SMILES string of the molecule is O=C(C[C@H]1C=CCC1)NCc1ccc(-n2ccnc2)cc1. The van der Waals surface area contributed by atoms with Gasteiger partial charge in [0.2, 0.25) is 5.91 Å². The Labute approximate surface area is 124 Å². The highest BCUT2D eigenvalue weighted by molar-refractivity contribution is 5.76. The number of benzene rings is 1. The first kappa shape index (κ1) is 13.6. The fourth-order valence-electron chi connectivity index (χ4n) is 2.57. The van der Waals surface area contributed by atoms with Crippen molar-refractivity contribution in [3.05, 3.63) is 60.7 Å². The van der Waals surface area contributed by atoms with Crippen LogP contribution in [0, 0.1) is 5.92 Å². The summed E-state index contributed by atoms with van der Waals surface area (Å²) in [4.78, 5) is 15.9. The molecule has 1 N–H and O–H groups in total. The quantitative estimate of drug-likeness (QED) is 0.857. The van der Waals surface area contributed by atoms with Crippen LogP contribution in [-0.4, -0.2) is 15.5 Å². The molecule has 108 valence electrons. The van der Waals surface area contributed by atoms with Crippen LogP contribution in [-0.2, 0) is 11.3 Å². The van der Waals surface area contributed by atoms with Crippen LogP contribution < -0.4 is 5.32 Å². The minimum atomic E-state index is 0.130. The Kier molecular flexibility index (Phi) is 4.15. The molecule has 1 aliphatic carbocycles. The predicted molar refractivity (Wildman–Crippen MR) is 81.9 cm³/mol. The lowest BCUT2D eigenvalue weighted by atomic mass is 10.1. The van der Waals surface area contributed by atoms with Gasteiger partial charge in [-0.1, -0.05) is 24.3 Å². The van der Waals surface area contributed by atoms with Gasteiger partial charge in [0.25, 0.3) is 0 Å². The zero-order valence-electron chi connectivity index (χ0n) is 11.9. The number of imidazole rings is 1. The Balaban J connectivity index is 1.51. The third kappa shape index (κ3) is 3.60. The first-order valence-electron chi connectivity index (χ1n) is 7.32. The second-order valence-electron chi connectivity index (χ2n) is 5.38. The topological polar surface area (TPSA) is 46.9 Å². The molecule has 0 saturated carbocycles. The van der Waals surface area contributed by atoms with E-state index in [0.717, 1.165) is 24.1 Å². The number of amides is 1. The second kappa shape index (κ2) is 6.39. The third-order valence-corrected chi connectivity index (χ3v) is 3.79. The van der Waals surface area contributed by atoms with Crippen molar-refractivity contribution in [2.24, 2.45) is 5.92 Å². The molecule has 0 fully saturated rings. The molecule has 2 aromatic rings. The van der Waals surface area contributed by atoms with Gasteiger partial charge in [-0.15, -0.1) is 0 Å². The lowest BCUT2D eigenvalue weighted by Crippen LogP contribution is -2.24. The molecular weight excluding hydrogens is 262 g/mol. The predicted octanol–water partition coefficient (Wildman–Crippen LogP) is 2.84. The maximum atomic E-state index is 11.9. The highest BCUT2D eigenvalue weighted by atomic mass is 16.1.